The Labute approximate surface area is 133 Å². The average Bonchev–Trinajstić information content (AvgIpc) is 2.93. The van der Waals surface area contributed by atoms with E-state index >= 15 is 0 Å². The highest BCUT2D eigenvalue weighted by Gasteiger charge is 2.19. The number of nitrogens with one attached hydrogen (secondary N) is 1. The van der Waals surface area contributed by atoms with Crippen molar-refractivity contribution < 1.29 is 9.47 Å². The summed E-state index contributed by atoms with van der Waals surface area (Å²) >= 11 is 7.95. The molecule has 21 heavy (non-hydrogen) atoms. The van der Waals surface area contributed by atoms with Crippen molar-refractivity contribution in [1.82, 2.24) is 4.98 Å². The smallest absolute Gasteiger partial charge is 0.184 e. The molecule has 1 N–H and O–H groups in total. The van der Waals surface area contributed by atoms with E-state index in [1.165, 1.54) is 32.1 Å². The lowest BCUT2D eigenvalue weighted by atomic mass is 9.96. The molecule has 4 nitrogen and oxygen atoms in total. The summed E-state index contributed by atoms with van der Waals surface area (Å²) in [6, 6.07) is 2.31. The van der Waals surface area contributed by atoms with E-state index in [4.69, 9.17) is 21.1 Å². The Hall–Kier alpha value is -1.20. The van der Waals surface area contributed by atoms with Gasteiger partial charge in [-0.3, -0.25) is 0 Å². The standard InChI is InChI=1S/C15H19ClN2O2S/c1-19-10-8-11(20-2)13-14(12(10)16)21-15(18-13)17-9-6-4-3-5-7-9/h8-9H,3-7H2,1-2H3,(H,17,18). The molecule has 0 amide bonds. The summed E-state index contributed by atoms with van der Waals surface area (Å²) in [6.45, 7) is 0. The fourth-order valence-corrected chi connectivity index (χ4v) is 4.11. The van der Waals surface area contributed by atoms with Crippen LogP contribution in [0.2, 0.25) is 5.02 Å². The van der Waals surface area contributed by atoms with Crippen LogP contribution >= 0.6 is 22.9 Å². The SMILES string of the molecule is COc1cc(OC)c2nc(NC3CCCCC3)sc2c1Cl. The normalized spacial score (nSPS) is 16.1. The second-order valence-corrected chi connectivity index (χ2v) is 6.65. The van der Waals surface area contributed by atoms with Crippen molar-refractivity contribution in [2.45, 2.75) is 38.1 Å². The third-order valence-corrected chi connectivity index (χ3v) is 5.40. The molecule has 0 unspecified atom stereocenters. The van der Waals surface area contributed by atoms with Crippen molar-refractivity contribution in [3.05, 3.63) is 11.1 Å². The van der Waals surface area contributed by atoms with Crippen LogP contribution in [0.4, 0.5) is 5.13 Å². The summed E-state index contributed by atoms with van der Waals surface area (Å²) in [5, 5.41) is 5.05. The number of hydrogen-bond acceptors (Lipinski definition) is 5. The molecule has 1 aliphatic rings. The zero-order valence-electron chi connectivity index (χ0n) is 12.2. The van der Waals surface area contributed by atoms with E-state index in [2.05, 4.69) is 10.3 Å². The van der Waals surface area contributed by atoms with Gasteiger partial charge < -0.3 is 14.8 Å². The van der Waals surface area contributed by atoms with Gasteiger partial charge in [-0.25, -0.2) is 4.98 Å². The largest absolute Gasteiger partial charge is 0.495 e. The summed E-state index contributed by atoms with van der Waals surface area (Å²) < 4.78 is 11.6. The van der Waals surface area contributed by atoms with E-state index in [1.807, 2.05) is 0 Å². The number of hydrogen-bond donors (Lipinski definition) is 1. The van der Waals surface area contributed by atoms with Crippen LogP contribution in [0.5, 0.6) is 11.5 Å². The lowest BCUT2D eigenvalue weighted by Crippen LogP contribution is -2.21. The minimum absolute atomic E-state index is 0.519. The Bertz CT molecular complexity index is 638. The Morgan fingerprint density at radius 1 is 1.19 bits per heavy atom. The fraction of sp³-hybridized carbons (Fsp3) is 0.533. The number of benzene rings is 1. The summed E-state index contributed by atoms with van der Waals surface area (Å²) in [7, 11) is 3.24. The van der Waals surface area contributed by atoms with Gasteiger partial charge in [0.05, 0.1) is 18.9 Å². The van der Waals surface area contributed by atoms with Crippen molar-refractivity contribution in [2.24, 2.45) is 0 Å². The van der Waals surface area contributed by atoms with Gasteiger partial charge >= 0.3 is 0 Å². The maximum atomic E-state index is 6.39. The number of methoxy groups -OCH3 is 2. The maximum Gasteiger partial charge on any atom is 0.184 e. The van der Waals surface area contributed by atoms with E-state index < -0.39 is 0 Å². The summed E-state index contributed by atoms with van der Waals surface area (Å²) in [5.74, 6) is 1.31. The van der Waals surface area contributed by atoms with E-state index in [-0.39, 0.29) is 0 Å². The molecule has 2 aromatic rings. The van der Waals surface area contributed by atoms with Gasteiger partial charge in [-0.05, 0) is 12.8 Å². The number of anilines is 1. The van der Waals surface area contributed by atoms with Gasteiger partial charge in [0, 0.05) is 12.1 Å². The van der Waals surface area contributed by atoms with Crippen molar-refractivity contribution in [1.29, 1.82) is 0 Å². The van der Waals surface area contributed by atoms with Gasteiger partial charge in [0.15, 0.2) is 5.13 Å². The van der Waals surface area contributed by atoms with Crippen molar-refractivity contribution in [2.75, 3.05) is 19.5 Å². The third kappa shape index (κ3) is 2.90. The number of aromatic nitrogens is 1. The van der Waals surface area contributed by atoms with Gasteiger partial charge in [-0.2, -0.15) is 0 Å². The molecule has 1 aromatic carbocycles. The molecule has 0 bridgehead atoms. The van der Waals surface area contributed by atoms with E-state index in [1.54, 1.807) is 31.6 Å². The van der Waals surface area contributed by atoms with Crippen LogP contribution in [0, 0.1) is 0 Å². The fourth-order valence-electron chi connectivity index (χ4n) is 2.79. The summed E-state index contributed by atoms with van der Waals surface area (Å²) in [4.78, 5) is 4.66. The van der Waals surface area contributed by atoms with Crippen LogP contribution in [-0.4, -0.2) is 25.2 Å². The number of ether oxygens (including phenoxy) is 2. The molecule has 0 atom stereocenters. The second-order valence-electron chi connectivity index (χ2n) is 5.27. The molecule has 1 heterocycles. The maximum absolute atomic E-state index is 6.39. The Morgan fingerprint density at radius 3 is 2.57 bits per heavy atom. The predicted molar refractivity (Wildman–Crippen MR) is 88.2 cm³/mol. The van der Waals surface area contributed by atoms with E-state index in [0.717, 1.165) is 15.3 Å². The summed E-state index contributed by atoms with van der Waals surface area (Å²) in [5.41, 5.74) is 0.798. The number of rotatable bonds is 4. The van der Waals surface area contributed by atoms with Crippen molar-refractivity contribution >= 4 is 38.3 Å². The Morgan fingerprint density at radius 2 is 1.90 bits per heavy atom. The molecular weight excluding hydrogens is 308 g/mol. The van der Waals surface area contributed by atoms with Gasteiger partial charge in [0.2, 0.25) is 0 Å². The molecule has 0 radical (unpaired) electrons. The van der Waals surface area contributed by atoms with Gasteiger partial charge in [-0.15, -0.1) is 0 Å². The van der Waals surface area contributed by atoms with Crippen LogP contribution in [-0.2, 0) is 0 Å². The van der Waals surface area contributed by atoms with E-state index in [0.29, 0.717) is 22.6 Å². The average molecular weight is 327 g/mol. The van der Waals surface area contributed by atoms with Crippen LogP contribution in [0.25, 0.3) is 10.2 Å². The molecule has 114 valence electrons. The molecule has 3 rings (SSSR count). The molecule has 1 fully saturated rings. The highest BCUT2D eigenvalue weighted by atomic mass is 35.5. The van der Waals surface area contributed by atoms with Crippen molar-refractivity contribution in [3.8, 4) is 11.5 Å². The molecule has 6 heteroatoms. The number of fused-ring (bicyclic) bond motifs is 1. The first-order chi connectivity index (χ1) is 10.2. The molecule has 1 aliphatic carbocycles. The van der Waals surface area contributed by atoms with Gasteiger partial charge in [0.1, 0.15) is 22.0 Å². The topological polar surface area (TPSA) is 43.4 Å². The van der Waals surface area contributed by atoms with Gasteiger partial charge in [-0.1, -0.05) is 42.2 Å². The number of thiazole rings is 1. The lowest BCUT2D eigenvalue weighted by molar-refractivity contribution is 0.397. The highest BCUT2D eigenvalue weighted by molar-refractivity contribution is 7.22. The highest BCUT2D eigenvalue weighted by Crippen LogP contribution is 2.43. The molecule has 1 saturated carbocycles. The monoisotopic (exact) mass is 326 g/mol. The second kappa shape index (κ2) is 6.28. The van der Waals surface area contributed by atoms with Crippen LogP contribution < -0.4 is 14.8 Å². The Kier molecular flexibility index (Phi) is 4.40. The zero-order chi connectivity index (χ0) is 14.8. The summed E-state index contributed by atoms with van der Waals surface area (Å²) in [6.07, 6.45) is 6.35. The third-order valence-electron chi connectivity index (χ3n) is 3.91. The molecule has 0 spiro atoms. The number of nitrogens with zero attached hydrogens (tertiary/aromatic N) is 1. The first-order valence-corrected chi connectivity index (χ1v) is 8.40. The van der Waals surface area contributed by atoms with Crippen molar-refractivity contribution in [3.63, 3.8) is 0 Å². The molecular formula is C15H19ClN2O2S. The van der Waals surface area contributed by atoms with Gasteiger partial charge in [0.25, 0.3) is 0 Å². The zero-order valence-corrected chi connectivity index (χ0v) is 13.8. The predicted octanol–water partition coefficient (Wildman–Crippen LogP) is 4.71. The molecule has 1 aromatic heterocycles. The van der Waals surface area contributed by atoms with E-state index in [9.17, 15) is 0 Å². The minimum Gasteiger partial charge on any atom is -0.495 e. The first kappa shape index (κ1) is 14.7. The lowest BCUT2D eigenvalue weighted by Gasteiger charge is -2.22. The van der Waals surface area contributed by atoms with Crippen LogP contribution in [0.1, 0.15) is 32.1 Å². The molecule has 0 aliphatic heterocycles. The Balaban J connectivity index is 1.96. The molecule has 0 saturated heterocycles. The first-order valence-electron chi connectivity index (χ1n) is 7.20. The quantitative estimate of drug-likeness (QED) is 0.883. The minimum atomic E-state index is 0.519. The van der Waals surface area contributed by atoms with Crippen LogP contribution in [0.15, 0.2) is 6.07 Å². The van der Waals surface area contributed by atoms with Crippen LogP contribution in [0.3, 0.4) is 0 Å². The number of halogens is 1.